The molecule has 0 amide bonds. The zero-order chi connectivity index (χ0) is 68.0. The van der Waals surface area contributed by atoms with Crippen LogP contribution in [0.5, 0.6) is 0 Å². The maximum Gasteiger partial charge on any atom is 0.472 e. The molecule has 0 fully saturated rings. The van der Waals surface area contributed by atoms with Gasteiger partial charge in [0, 0.05) is 25.7 Å². The molecule has 0 aromatic carbocycles. The van der Waals surface area contributed by atoms with Crippen LogP contribution in [-0.2, 0) is 65.4 Å². The molecule has 5 atom stereocenters. The van der Waals surface area contributed by atoms with E-state index in [4.69, 9.17) is 37.0 Å². The van der Waals surface area contributed by atoms with Crippen molar-refractivity contribution in [3.63, 3.8) is 0 Å². The van der Waals surface area contributed by atoms with Crippen LogP contribution in [0.25, 0.3) is 0 Å². The average molecular weight is 1350 g/mol. The Morgan fingerprint density at radius 1 is 0.293 bits per heavy atom. The summed E-state index contributed by atoms with van der Waals surface area (Å²) in [7, 11) is -9.91. The maximum absolute atomic E-state index is 13.1. The van der Waals surface area contributed by atoms with Crippen molar-refractivity contribution in [2.24, 2.45) is 17.8 Å². The Morgan fingerprint density at radius 3 is 0.739 bits per heavy atom. The number of aliphatic hydroxyl groups is 1. The first-order valence-corrected chi connectivity index (χ1v) is 40.8. The van der Waals surface area contributed by atoms with Crippen molar-refractivity contribution in [1.29, 1.82) is 0 Å². The summed E-state index contributed by atoms with van der Waals surface area (Å²) in [6.45, 7) is 11.8. The molecule has 17 nitrogen and oxygen atoms in total. The summed E-state index contributed by atoms with van der Waals surface area (Å²) >= 11 is 0. The first-order chi connectivity index (χ1) is 44.2. The SMILES string of the molecule is CCCCCCCCCCCCCCCCCC(=O)O[C@H](COC(=O)CCCCCCCCCCCCCC(C)C)COP(=O)(O)OC[C@@H](O)COP(=O)(O)OC[C@@H](COC(=O)CCCCCCCCC(C)C)OC(=O)CCCCCCCCCCCCCC(C)C. The van der Waals surface area contributed by atoms with Gasteiger partial charge in [-0.05, 0) is 43.4 Å². The maximum atomic E-state index is 13.1. The molecule has 0 heterocycles. The molecule has 0 aromatic rings. The van der Waals surface area contributed by atoms with E-state index in [0.717, 1.165) is 108 Å². The molecule has 0 rings (SSSR count). The lowest BCUT2D eigenvalue weighted by Crippen LogP contribution is -2.30. The number of hydrogen-bond donors (Lipinski definition) is 3. The third-order valence-corrected chi connectivity index (χ3v) is 18.8. The molecule has 0 aliphatic rings. The molecule has 2 unspecified atom stereocenters. The van der Waals surface area contributed by atoms with Crippen molar-refractivity contribution < 1.29 is 80.2 Å². The predicted molar refractivity (Wildman–Crippen MR) is 372 cm³/mol. The number of carbonyl (C=O) groups excluding carboxylic acids is 4. The smallest absolute Gasteiger partial charge is 0.462 e. The van der Waals surface area contributed by atoms with Gasteiger partial charge in [0.15, 0.2) is 12.2 Å². The summed E-state index contributed by atoms with van der Waals surface area (Å²) in [5, 5.41) is 10.6. The van der Waals surface area contributed by atoms with Gasteiger partial charge in [0.25, 0.3) is 0 Å². The number of unbranched alkanes of at least 4 members (excludes halogenated alkanes) is 39. The monoisotopic (exact) mass is 1350 g/mol. The van der Waals surface area contributed by atoms with Crippen LogP contribution in [0.2, 0.25) is 0 Å². The van der Waals surface area contributed by atoms with E-state index in [1.54, 1.807) is 0 Å². The fraction of sp³-hybridized carbons (Fsp3) is 0.945. The van der Waals surface area contributed by atoms with E-state index < -0.39 is 97.5 Å². The molecule has 92 heavy (non-hydrogen) atoms. The number of esters is 4. The number of carbonyl (C=O) groups is 4. The normalized spacial score (nSPS) is 14.1. The first kappa shape index (κ1) is 90.1. The van der Waals surface area contributed by atoms with Crippen molar-refractivity contribution in [3.05, 3.63) is 0 Å². The molecule has 3 N–H and O–H groups in total. The molecule has 0 spiro atoms. The van der Waals surface area contributed by atoms with Gasteiger partial charge in [-0.1, -0.05) is 318 Å². The molecule has 0 saturated carbocycles. The van der Waals surface area contributed by atoms with Gasteiger partial charge in [-0.15, -0.1) is 0 Å². The van der Waals surface area contributed by atoms with E-state index in [1.165, 1.54) is 173 Å². The van der Waals surface area contributed by atoms with E-state index in [9.17, 15) is 43.2 Å². The molecule has 0 bridgehead atoms. The van der Waals surface area contributed by atoms with Crippen LogP contribution in [0.15, 0.2) is 0 Å². The van der Waals surface area contributed by atoms with Crippen molar-refractivity contribution in [1.82, 2.24) is 0 Å². The van der Waals surface area contributed by atoms with Gasteiger partial charge in [0.05, 0.1) is 26.4 Å². The Bertz CT molecular complexity index is 1800. The molecule has 0 radical (unpaired) electrons. The molecule has 0 saturated heterocycles. The summed E-state index contributed by atoms with van der Waals surface area (Å²) in [5.74, 6) is 0.0933. The van der Waals surface area contributed by atoms with Crippen LogP contribution in [0.4, 0.5) is 0 Å². The van der Waals surface area contributed by atoms with E-state index in [2.05, 4.69) is 48.5 Å². The molecule has 0 aliphatic heterocycles. The summed E-state index contributed by atoms with van der Waals surface area (Å²) in [6.07, 6.45) is 48.6. The highest BCUT2D eigenvalue weighted by molar-refractivity contribution is 7.47. The van der Waals surface area contributed by atoms with Crippen molar-refractivity contribution in [2.75, 3.05) is 39.6 Å². The fourth-order valence-electron chi connectivity index (χ4n) is 11.1. The second-order valence-electron chi connectivity index (χ2n) is 27.8. The summed E-state index contributed by atoms with van der Waals surface area (Å²) < 4.78 is 68.4. The van der Waals surface area contributed by atoms with Crippen molar-refractivity contribution >= 4 is 39.5 Å². The molecule has 0 aromatic heterocycles. The van der Waals surface area contributed by atoms with Crippen molar-refractivity contribution in [2.45, 2.75) is 388 Å². The number of hydrogen-bond acceptors (Lipinski definition) is 15. The van der Waals surface area contributed by atoms with Crippen molar-refractivity contribution in [3.8, 4) is 0 Å². The number of phosphoric ester groups is 2. The average Bonchev–Trinajstić information content (AvgIpc) is 2.37. The third-order valence-electron chi connectivity index (χ3n) is 16.9. The highest BCUT2D eigenvalue weighted by Crippen LogP contribution is 2.45. The minimum absolute atomic E-state index is 0.105. The van der Waals surface area contributed by atoms with Crippen LogP contribution in [0, 0.1) is 17.8 Å². The van der Waals surface area contributed by atoms with Gasteiger partial charge in [0.2, 0.25) is 0 Å². The summed E-state index contributed by atoms with van der Waals surface area (Å²) in [6, 6.07) is 0. The standard InChI is InChI=1S/C73H142O17P2/c1-8-9-10-11-12-13-14-15-16-17-22-28-33-42-49-56-72(77)89-68(60-83-70(75)54-47-40-32-27-23-18-20-25-30-37-44-51-64(2)3)62-87-91(79,80)85-58-67(74)59-86-92(81,82)88-63-69(61-84-71(76)55-48-41-36-35-39-46-53-66(6)7)90-73(78)57-50-43-34-29-24-19-21-26-31-38-45-52-65(4)5/h64-69,74H,8-63H2,1-7H3,(H,79,80)(H,81,82)/t67-,68-,69-/m1/s1. The number of ether oxygens (including phenoxy) is 4. The second-order valence-corrected chi connectivity index (χ2v) is 30.7. The van der Waals surface area contributed by atoms with Crippen LogP contribution >= 0.6 is 15.6 Å². The largest absolute Gasteiger partial charge is 0.472 e. The van der Waals surface area contributed by atoms with E-state index in [1.807, 2.05) is 0 Å². The van der Waals surface area contributed by atoms with Crippen LogP contribution in [-0.4, -0.2) is 96.7 Å². The number of rotatable bonds is 71. The molecule has 546 valence electrons. The van der Waals surface area contributed by atoms with Crippen LogP contribution in [0.1, 0.15) is 370 Å². The Kier molecular flexibility index (Phi) is 62.4. The lowest BCUT2D eigenvalue weighted by molar-refractivity contribution is -0.161. The zero-order valence-electron chi connectivity index (χ0n) is 60.0. The lowest BCUT2D eigenvalue weighted by atomic mass is 10.0. The quantitative estimate of drug-likeness (QED) is 0.0222. The Balaban J connectivity index is 5.25. The van der Waals surface area contributed by atoms with Gasteiger partial charge in [0.1, 0.15) is 19.3 Å². The third kappa shape index (κ3) is 66.7. The minimum Gasteiger partial charge on any atom is -0.462 e. The van der Waals surface area contributed by atoms with Gasteiger partial charge >= 0.3 is 39.5 Å². The Labute approximate surface area is 562 Å². The first-order valence-electron chi connectivity index (χ1n) is 37.8. The predicted octanol–water partition coefficient (Wildman–Crippen LogP) is 21.0. The van der Waals surface area contributed by atoms with E-state index in [0.29, 0.717) is 31.6 Å². The van der Waals surface area contributed by atoms with Gasteiger partial charge in [-0.25, -0.2) is 9.13 Å². The van der Waals surface area contributed by atoms with Gasteiger partial charge in [-0.3, -0.25) is 37.3 Å². The minimum atomic E-state index is -4.95. The zero-order valence-corrected chi connectivity index (χ0v) is 61.8. The number of phosphoric acid groups is 2. The lowest BCUT2D eigenvalue weighted by Gasteiger charge is -2.21. The summed E-state index contributed by atoms with van der Waals surface area (Å²) in [4.78, 5) is 72.7. The molecular weight excluding hydrogens is 1210 g/mol. The van der Waals surface area contributed by atoms with Crippen LogP contribution < -0.4 is 0 Å². The second kappa shape index (κ2) is 63.8. The van der Waals surface area contributed by atoms with Gasteiger partial charge in [-0.2, -0.15) is 0 Å². The molecule has 0 aliphatic carbocycles. The fourth-order valence-corrected chi connectivity index (χ4v) is 12.7. The van der Waals surface area contributed by atoms with Gasteiger partial charge < -0.3 is 33.8 Å². The highest BCUT2D eigenvalue weighted by Gasteiger charge is 2.30. The number of aliphatic hydroxyl groups excluding tert-OH is 1. The van der Waals surface area contributed by atoms with E-state index >= 15 is 0 Å². The topological polar surface area (TPSA) is 237 Å². The Hall–Kier alpha value is -1.94. The highest BCUT2D eigenvalue weighted by atomic mass is 31.2. The summed E-state index contributed by atoms with van der Waals surface area (Å²) in [5.41, 5.74) is 0. The van der Waals surface area contributed by atoms with Crippen LogP contribution in [0.3, 0.4) is 0 Å². The molecular formula is C73H142O17P2. The Morgan fingerprint density at radius 2 is 0.500 bits per heavy atom. The van der Waals surface area contributed by atoms with E-state index in [-0.39, 0.29) is 25.7 Å². The molecule has 19 heteroatoms.